The molecule has 0 radical (unpaired) electrons. The summed E-state index contributed by atoms with van der Waals surface area (Å²) in [5.74, 6) is -0.191. The van der Waals surface area contributed by atoms with Gasteiger partial charge in [-0.2, -0.15) is 0 Å². The van der Waals surface area contributed by atoms with Crippen molar-refractivity contribution < 1.29 is 19.1 Å². The smallest absolute Gasteiger partial charge is 0.242 e. The van der Waals surface area contributed by atoms with Crippen LogP contribution >= 0.6 is 22.6 Å². The van der Waals surface area contributed by atoms with Crippen molar-refractivity contribution >= 4 is 34.4 Å². The Bertz CT molecular complexity index is 330. The molecule has 0 rings (SSSR count). The Morgan fingerprint density at radius 3 is 2.33 bits per heavy atom. The molecule has 1 atom stereocenters. The maximum atomic E-state index is 12.2. The molecule has 0 saturated carbocycles. The number of carbonyl (C=O) groups is 2. The molecule has 6 nitrogen and oxygen atoms in total. The zero-order chi connectivity index (χ0) is 18.0. The minimum Gasteiger partial charge on any atom is -0.379 e. The van der Waals surface area contributed by atoms with E-state index in [1.807, 2.05) is 0 Å². The minimum absolute atomic E-state index is 0.0645. The van der Waals surface area contributed by atoms with Crippen LogP contribution in [0, 0.1) is 0 Å². The maximum Gasteiger partial charge on any atom is 0.242 e. The molecule has 0 aromatic rings. The van der Waals surface area contributed by atoms with E-state index in [1.165, 1.54) is 0 Å². The van der Waals surface area contributed by atoms with Gasteiger partial charge in [0.05, 0.1) is 19.8 Å². The van der Waals surface area contributed by atoms with E-state index >= 15 is 0 Å². The Morgan fingerprint density at radius 1 is 1.00 bits per heavy atom. The number of hydrogen-bond donors (Lipinski definition) is 2. The Hall–Kier alpha value is -0.410. The third-order valence-electron chi connectivity index (χ3n) is 3.34. The fourth-order valence-corrected chi connectivity index (χ4v) is 2.55. The van der Waals surface area contributed by atoms with Gasteiger partial charge in [-0.05, 0) is 12.8 Å². The topological polar surface area (TPSA) is 76.7 Å². The number of halogens is 1. The minimum atomic E-state index is -0.445. The predicted octanol–water partition coefficient (Wildman–Crippen LogP) is 2.44. The second kappa shape index (κ2) is 17.4. The molecular formula is C17H33IN2O4. The van der Waals surface area contributed by atoms with Crippen LogP contribution in [-0.4, -0.2) is 55.3 Å². The Morgan fingerprint density at radius 2 is 1.71 bits per heavy atom. The molecule has 24 heavy (non-hydrogen) atoms. The van der Waals surface area contributed by atoms with Gasteiger partial charge in [-0.1, -0.05) is 55.7 Å². The highest BCUT2D eigenvalue weighted by molar-refractivity contribution is 14.1. The summed E-state index contributed by atoms with van der Waals surface area (Å²) in [5, 5.41) is 5.67. The SMILES string of the molecule is CCCCC[C@H](NC(=O)CCI)C(=O)NCCOCCOCCC. The van der Waals surface area contributed by atoms with Crippen molar-refractivity contribution in [1.82, 2.24) is 10.6 Å². The van der Waals surface area contributed by atoms with Crippen LogP contribution in [0.2, 0.25) is 0 Å². The fraction of sp³-hybridized carbons (Fsp3) is 0.882. The average Bonchev–Trinajstić information content (AvgIpc) is 2.56. The number of carbonyl (C=O) groups excluding carboxylic acids is 2. The van der Waals surface area contributed by atoms with Crippen LogP contribution in [0.15, 0.2) is 0 Å². The molecule has 2 amide bonds. The summed E-state index contributed by atoms with van der Waals surface area (Å²) < 4.78 is 11.5. The first-order chi connectivity index (χ1) is 11.7. The molecule has 0 aliphatic carbocycles. The van der Waals surface area contributed by atoms with Crippen LogP contribution in [-0.2, 0) is 19.1 Å². The molecule has 0 saturated heterocycles. The molecule has 7 heteroatoms. The standard InChI is InChI=1S/C17H33IN2O4/c1-3-5-6-7-15(20-16(21)8-9-18)17(22)19-10-12-24-14-13-23-11-4-2/h15H,3-14H2,1-2H3,(H,19,22)(H,20,21)/t15-/m0/s1. The monoisotopic (exact) mass is 456 g/mol. The zero-order valence-electron chi connectivity index (χ0n) is 15.1. The fourth-order valence-electron chi connectivity index (χ4n) is 2.06. The average molecular weight is 456 g/mol. The van der Waals surface area contributed by atoms with Gasteiger partial charge in [-0.15, -0.1) is 0 Å². The van der Waals surface area contributed by atoms with Crippen LogP contribution in [0.25, 0.3) is 0 Å². The van der Waals surface area contributed by atoms with Crippen molar-refractivity contribution in [1.29, 1.82) is 0 Å². The summed E-state index contributed by atoms with van der Waals surface area (Å²) in [5.41, 5.74) is 0. The summed E-state index contributed by atoms with van der Waals surface area (Å²) in [6.45, 7) is 6.92. The highest BCUT2D eigenvalue weighted by Gasteiger charge is 2.19. The van der Waals surface area contributed by atoms with Crippen LogP contribution in [0.4, 0.5) is 0 Å². The highest BCUT2D eigenvalue weighted by atomic mass is 127. The molecule has 2 N–H and O–H groups in total. The van der Waals surface area contributed by atoms with Gasteiger partial charge in [0, 0.05) is 24.0 Å². The lowest BCUT2D eigenvalue weighted by atomic mass is 10.1. The number of rotatable bonds is 16. The first-order valence-corrected chi connectivity index (χ1v) is 10.5. The van der Waals surface area contributed by atoms with E-state index in [0.29, 0.717) is 39.2 Å². The number of amides is 2. The van der Waals surface area contributed by atoms with Gasteiger partial charge in [-0.3, -0.25) is 9.59 Å². The Balaban J connectivity index is 3.98. The Labute approximate surface area is 159 Å². The molecular weight excluding hydrogens is 423 g/mol. The molecule has 0 fully saturated rings. The lowest BCUT2D eigenvalue weighted by molar-refractivity contribution is -0.129. The van der Waals surface area contributed by atoms with Gasteiger partial charge in [0.15, 0.2) is 0 Å². The molecule has 0 aromatic heterocycles. The molecule has 0 bridgehead atoms. The lowest BCUT2D eigenvalue weighted by Crippen LogP contribution is -2.47. The van der Waals surface area contributed by atoms with Gasteiger partial charge in [-0.25, -0.2) is 0 Å². The second-order valence-electron chi connectivity index (χ2n) is 5.57. The second-order valence-corrected chi connectivity index (χ2v) is 6.65. The van der Waals surface area contributed by atoms with Gasteiger partial charge in [0.25, 0.3) is 0 Å². The van der Waals surface area contributed by atoms with E-state index in [2.05, 4.69) is 47.1 Å². The van der Waals surface area contributed by atoms with E-state index in [4.69, 9.17) is 9.47 Å². The van der Waals surface area contributed by atoms with Crippen molar-refractivity contribution in [2.75, 3.05) is 37.4 Å². The van der Waals surface area contributed by atoms with Crippen molar-refractivity contribution in [2.45, 2.75) is 58.4 Å². The first-order valence-electron chi connectivity index (χ1n) is 8.94. The third-order valence-corrected chi connectivity index (χ3v) is 3.88. The zero-order valence-corrected chi connectivity index (χ0v) is 17.2. The quantitative estimate of drug-likeness (QED) is 0.213. The van der Waals surface area contributed by atoms with Gasteiger partial charge < -0.3 is 20.1 Å². The predicted molar refractivity (Wildman–Crippen MR) is 105 cm³/mol. The Kier molecular flexibility index (Phi) is 17.1. The van der Waals surface area contributed by atoms with E-state index < -0.39 is 6.04 Å². The van der Waals surface area contributed by atoms with Crippen LogP contribution in [0.1, 0.15) is 52.4 Å². The number of alkyl halides is 1. The molecule has 0 aliphatic rings. The number of ether oxygens (including phenoxy) is 2. The molecule has 0 heterocycles. The largest absolute Gasteiger partial charge is 0.379 e. The normalized spacial score (nSPS) is 12.0. The van der Waals surface area contributed by atoms with E-state index in [-0.39, 0.29) is 11.8 Å². The van der Waals surface area contributed by atoms with Gasteiger partial charge in [0.1, 0.15) is 6.04 Å². The van der Waals surface area contributed by atoms with Crippen molar-refractivity contribution in [3.8, 4) is 0 Å². The van der Waals surface area contributed by atoms with Gasteiger partial charge in [0.2, 0.25) is 11.8 Å². The lowest BCUT2D eigenvalue weighted by Gasteiger charge is -2.18. The molecule has 142 valence electrons. The van der Waals surface area contributed by atoms with Crippen LogP contribution < -0.4 is 10.6 Å². The van der Waals surface area contributed by atoms with Crippen LogP contribution in [0.5, 0.6) is 0 Å². The highest BCUT2D eigenvalue weighted by Crippen LogP contribution is 2.04. The summed E-state index contributed by atoms with van der Waals surface area (Å²) in [7, 11) is 0. The molecule has 0 unspecified atom stereocenters. The summed E-state index contributed by atoms with van der Waals surface area (Å²) in [6, 6.07) is -0.445. The summed E-state index contributed by atoms with van der Waals surface area (Å²) in [4.78, 5) is 24.0. The van der Waals surface area contributed by atoms with E-state index in [1.54, 1.807) is 0 Å². The number of hydrogen-bond acceptors (Lipinski definition) is 4. The molecule has 0 aromatic carbocycles. The van der Waals surface area contributed by atoms with E-state index in [9.17, 15) is 9.59 Å². The van der Waals surface area contributed by atoms with E-state index in [0.717, 1.165) is 36.7 Å². The van der Waals surface area contributed by atoms with Crippen molar-refractivity contribution in [3.05, 3.63) is 0 Å². The van der Waals surface area contributed by atoms with Gasteiger partial charge >= 0.3 is 0 Å². The first kappa shape index (κ1) is 23.6. The number of unbranched alkanes of at least 4 members (excludes halogenated alkanes) is 2. The number of nitrogens with one attached hydrogen (secondary N) is 2. The summed E-state index contributed by atoms with van der Waals surface area (Å²) in [6.07, 6.45) is 5.21. The molecule has 0 spiro atoms. The molecule has 0 aliphatic heterocycles. The third kappa shape index (κ3) is 14.0. The van der Waals surface area contributed by atoms with Crippen LogP contribution in [0.3, 0.4) is 0 Å². The van der Waals surface area contributed by atoms with Crippen molar-refractivity contribution in [3.63, 3.8) is 0 Å². The maximum absolute atomic E-state index is 12.2. The van der Waals surface area contributed by atoms with Crippen molar-refractivity contribution in [2.24, 2.45) is 0 Å². The summed E-state index contributed by atoms with van der Waals surface area (Å²) >= 11 is 2.16.